The summed E-state index contributed by atoms with van der Waals surface area (Å²) in [6.07, 6.45) is 3.49. The third kappa shape index (κ3) is 8.78. The summed E-state index contributed by atoms with van der Waals surface area (Å²) >= 11 is 3.87. The molecule has 0 bridgehead atoms. The van der Waals surface area contributed by atoms with Crippen LogP contribution in [0.25, 0.3) is 0 Å². The number of fused-ring (bicyclic) bond motifs is 1. The van der Waals surface area contributed by atoms with Gasteiger partial charge in [-0.3, -0.25) is 4.79 Å². The van der Waals surface area contributed by atoms with Crippen LogP contribution in [0.3, 0.4) is 0 Å². The maximum atomic E-state index is 14.0. The van der Waals surface area contributed by atoms with E-state index in [4.69, 9.17) is 24.7 Å². The summed E-state index contributed by atoms with van der Waals surface area (Å²) in [4.78, 5) is 18.1. The summed E-state index contributed by atoms with van der Waals surface area (Å²) in [6.45, 7) is 18.6. The zero-order valence-electron chi connectivity index (χ0n) is 28.7. The number of likely N-dealkylation sites (tertiary alicyclic amines) is 1. The van der Waals surface area contributed by atoms with Gasteiger partial charge in [-0.25, -0.2) is 0 Å². The molecule has 1 fully saturated rings. The van der Waals surface area contributed by atoms with Gasteiger partial charge in [0.05, 0.1) is 23.8 Å². The third-order valence-electron chi connectivity index (χ3n) is 9.61. The molecule has 0 radical (unpaired) electrons. The van der Waals surface area contributed by atoms with E-state index in [1.165, 1.54) is 0 Å². The summed E-state index contributed by atoms with van der Waals surface area (Å²) in [5, 5.41) is 0. The first-order valence-electron chi connectivity index (χ1n) is 16.8. The van der Waals surface area contributed by atoms with Gasteiger partial charge in [-0.15, -0.1) is 17.0 Å². The minimum Gasteiger partial charge on any atom is -0.487 e. The Hall–Kier alpha value is -1.85. The summed E-state index contributed by atoms with van der Waals surface area (Å²) in [5.41, 5.74) is 7.08. The largest absolute Gasteiger partial charge is 0.487 e. The van der Waals surface area contributed by atoms with Crippen molar-refractivity contribution in [2.24, 2.45) is 5.73 Å². The van der Waals surface area contributed by atoms with Crippen LogP contribution in [0.4, 0.5) is 0 Å². The molecule has 2 aromatic carbocycles. The number of nitrogens with two attached hydrogens (primary N) is 1. The Bertz CT molecular complexity index is 1270. The minimum atomic E-state index is -0.565. The highest BCUT2D eigenvalue weighted by Crippen LogP contribution is 2.48. The predicted molar refractivity (Wildman–Crippen MR) is 194 cm³/mol. The van der Waals surface area contributed by atoms with E-state index in [0.717, 1.165) is 50.2 Å². The van der Waals surface area contributed by atoms with Gasteiger partial charge in [-0.1, -0.05) is 61.8 Å². The topological polar surface area (TPSA) is 86.5 Å². The molecule has 2 aliphatic rings. The average Bonchev–Trinajstić information content (AvgIpc) is 3.02. The number of carbonyl (C=O) groups excluding carboxylic acids is 1. The fraction of sp³-hybridized carbons (Fsp3) is 0.639. The molecule has 258 valence electrons. The van der Waals surface area contributed by atoms with Crippen LogP contribution in [0, 0.1) is 0 Å². The van der Waals surface area contributed by atoms with Crippen LogP contribution in [0.15, 0.2) is 42.5 Å². The van der Waals surface area contributed by atoms with Crippen LogP contribution in [0.1, 0.15) is 103 Å². The van der Waals surface area contributed by atoms with E-state index >= 15 is 0 Å². The quantitative estimate of drug-likeness (QED) is 0.155. The lowest BCUT2D eigenvalue weighted by Crippen LogP contribution is -2.54. The van der Waals surface area contributed by atoms with E-state index in [1.807, 2.05) is 62.1 Å². The van der Waals surface area contributed by atoms with Crippen molar-refractivity contribution in [3.8, 4) is 17.2 Å². The van der Waals surface area contributed by atoms with Crippen molar-refractivity contribution in [3.63, 3.8) is 0 Å². The Balaban J connectivity index is 0.00000576. The highest BCUT2D eigenvalue weighted by molar-refractivity contribution is 9.09. The standard InChI is InChI=1S/C36H54BrN3O5.BrH/c1-8-36(9-2,26(7)38)45-31-22-27(16-17-30(31)43-25(5)6)34(41)40-19-18-35(24-33(40)37)23-32(42-21-20-39(10-3)11-4)28-14-12-13-15-29(28)44-35;/h12-17,22,25-26,32-33H,8-11,18-21,23-24,38H2,1-7H3;1H. The first-order valence-corrected chi connectivity index (χ1v) is 17.7. The average molecular weight is 770 g/mol. The monoisotopic (exact) mass is 767 g/mol. The molecule has 0 aromatic heterocycles. The fourth-order valence-electron chi connectivity index (χ4n) is 6.65. The minimum absolute atomic E-state index is 0. The molecule has 8 nitrogen and oxygen atoms in total. The molecule has 2 N–H and O–H groups in total. The molecule has 4 atom stereocenters. The second kappa shape index (κ2) is 17.0. The number of hydrogen-bond donors (Lipinski definition) is 1. The lowest BCUT2D eigenvalue weighted by atomic mass is 9.81. The van der Waals surface area contributed by atoms with Crippen molar-refractivity contribution in [1.82, 2.24) is 9.80 Å². The fourth-order valence-corrected chi connectivity index (χ4v) is 7.63. The number of hydrogen-bond acceptors (Lipinski definition) is 7. The van der Waals surface area contributed by atoms with E-state index in [0.29, 0.717) is 43.1 Å². The van der Waals surface area contributed by atoms with E-state index < -0.39 is 11.2 Å². The maximum absolute atomic E-state index is 14.0. The summed E-state index contributed by atoms with van der Waals surface area (Å²) in [5.74, 6) is 1.98. The number of para-hydroxylation sites is 1. The Kier molecular flexibility index (Phi) is 14.3. The molecule has 1 spiro atoms. The third-order valence-corrected chi connectivity index (χ3v) is 10.4. The number of ether oxygens (including phenoxy) is 4. The Labute approximate surface area is 295 Å². The molecule has 4 rings (SSSR count). The van der Waals surface area contributed by atoms with Crippen molar-refractivity contribution >= 4 is 38.8 Å². The lowest BCUT2D eigenvalue weighted by molar-refractivity contribution is -0.0770. The Morgan fingerprint density at radius 1 is 1.09 bits per heavy atom. The Morgan fingerprint density at radius 2 is 1.78 bits per heavy atom. The van der Waals surface area contributed by atoms with Crippen molar-refractivity contribution in [1.29, 1.82) is 0 Å². The van der Waals surface area contributed by atoms with Crippen molar-refractivity contribution in [2.45, 2.75) is 115 Å². The van der Waals surface area contributed by atoms with Gasteiger partial charge >= 0.3 is 0 Å². The normalized spacial score (nSPS) is 21.8. The van der Waals surface area contributed by atoms with E-state index in [2.05, 4.69) is 54.6 Å². The smallest absolute Gasteiger partial charge is 0.254 e. The molecule has 10 heteroatoms. The second-order valence-corrected chi connectivity index (χ2v) is 13.8. The Morgan fingerprint density at radius 3 is 2.39 bits per heavy atom. The first kappa shape index (κ1) is 38.6. The summed E-state index contributed by atoms with van der Waals surface area (Å²) in [7, 11) is 0. The maximum Gasteiger partial charge on any atom is 0.254 e. The molecule has 0 aliphatic carbocycles. The molecule has 4 unspecified atom stereocenters. The van der Waals surface area contributed by atoms with Gasteiger partial charge in [0.15, 0.2) is 11.5 Å². The molecule has 2 aromatic rings. The number of benzene rings is 2. The molecular formula is C36H55Br2N3O5. The van der Waals surface area contributed by atoms with Crippen molar-refractivity contribution in [2.75, 3.05) is 32.8 Å². The second-order valence-electron chi connectivity index (χ2n) is 12.8. The van der Waals surface area contributed by atoms with Crippen LogP contribution in [-0.2, 0) is 4.74 Å². The number of rotatable bonds is 14. The van der Waals surface area contributed by atoms with Crippen LogP contribution >= 0.6 is 32.9 Å². The molecule has 46 heavy (non-hydrogen) atoms. The lowest BCUT2D eigenvalue weighted by Gasteiger charge is -2.48. The SMILES string of the molecule is Br.CCN(CC)CCOC1CC2(CCN(C(=O)c3ccc(OC(C)C)c(OC(CC)(CC)C(C)N)c3)C(Br)C2)Oc2ccccc21. The number of nitrogens with zero attached hydrogens (tertiary/aromatic N) is 2. The van der Waals surface area contributed by atoms with Gasteiger partial charge in [0.1, 0.15) is 17.0 Å². The first-order chi connectivity index (χ1) is 21.5. The van der Waals surface area contributed by atoms with Crippen LogP contribution in [0.2, 0.25) is 0 Å². The highest BCUT2D eigenvalue weighted by Gasteiger charge is 2.47. The number of likely N-dealkylation sites (N-methyl/N-ethyl adjacent to an activating group) is 1. The van der Waals surface area contributed by atoms with Crippen molar-refractivity contribution in [3.05, 3.63) is 53.6 Å². The van der Waals surface area contributed by atoms with Crippen molar-refractivity contribution < 1.29 is 23.7 Å². The number of halogens is 2. The highest BCUT2D eigenvalue weighted by atomic mass is 79.9. The number of alkyl halides is 1. The van der Waals surface area contributed by atoms with Crippen LogP contribution < -0.4 is 19.9 Å². The van der Waals surface area contributed by atoms with E-state index in [-0.39, 0.29) is 46.1 Å². The predicted octanol–water partition coefficient (Wildman–Crippen LogP) is 7.91. The number of carbonyl (C=O) groups is 1. The summed E-state index contributed by atoms with van der Waals surface area (Å²) < 4.78 is 26.0. The van der Waals surface area contributed by atoms with Gasteiger partial charge in [0.25, 0.3) is 5.91 Å². The summed E-state index contributed by atoms with van der Waals surface area (Å²) in [6, 6.07) is 13.5. The number of amides is 1. The zero-order valence-corrected chi connectivity index (χ0v) is 32.0. The number of piperidine rings is 1. The molecule has 1 saturated heterocycles. The van der Waals surface area contributed by atoms with Crippen LogP contribution in [0.5, 0.6) is 17.2 Å². The van der Waals surface area contributed by atoms with Gasteiger partial charge < -0.3 is 34.5 Å². The van der Waals surface area contributed by atoms with E-state index in [9.17, 15) is 4.79 Å². The molecule has 1 amide bonds. The van der Waals surface area contributed by atoms with Gasteiger partial charge in [0, 0.05) is 49.5 Å². The molecule has 2 heterocycles. The van der Waals surface area contributed by atoms with Gasteiger partial charge in [-0.2, -0.15) is 0 Å². The zero-order chi connectivity index (χ0) is 32.8. The van der Waals surface area contributed by atoms with Gasteiger partial charge in [0.2, 0.25) is 0 Å². The molecule has 2 aliphatic heterocycles. The molecule has 0 saturated carbocycles. The molecular weight excluding hydrogens is 714 g/mol. The van der Waals surface area contributed by atoms with Crippen LogP contribution in [-0.4, -0.2) is 76.8 Å². The van der Waals surface area contributed by atoms with Gasteiger partial charge in [-0.05, 0) is 71.0 Å². The van der Waals surface area contributed by atoms with E-state index in [1.54, 1.807) is 0 Å².